The second-order valence-corrected chi connectivity index (χ2v) is 14.2. The van der Waals surface area contributed by atoms with Crippen LogP contribution in [-0.2, 0) is 10.8 Å². The fourth-order valence-corrected chi connectivity index (χ4v) is 6.30. The first kappa shape index (κ1) is 29.5. The van der Waals surface area contributed by atoms with Gasteiger partial charge in [-0.05, 0) is 82.1 Å². The van der Waals surface area contributed by atoms with Gasteiger partial charge in [-0.15, -0.1) is 0 Å². The summed E-state index contributed by atoms with van der Waals surface area (Å²) < 4.78 is 2.25. The van der Waals surface area contributed by atoms with E-state index in [1.165, 1.54) is 5.56 Å². The second-order valence-electron chi connectivity index (χ2n) is 14.2. The van der Waals surface area contributed by atoms with E-state index in [0.29, 0.717) is 5.75 Å². The number of aromatic hydroxyl groups is 1. The van der Waals surface area contributed by atoms with Crippen LogP contribution in [0.2, 0.25) is 0 Å². The van der Waals surface area contributed by atoms with Crippen molar-refractivity contribution >= 4 is 21.9 Å². The SMILES string of the molecule is CC(C)(C)c1cc(-c2ccc3c4ccccc4n(-c4cc(-c5ccccc5)cc(-c5ccccn5)c4)c3n2)c(O)c(C(C)(C)C)c1. The van der Waals surface area contributed by atoms with Crippen LogP contribution in [0, 0.1) is 0 Å². The number of phenols is 1. The average molecular weight is 602 g/mol. The van der Waals surface area contributed by atoms with Crippen LogP contribution in [0.4, 0.5) is 0 Å². The Bertz CT molecular complexity index is 2160. The molecule has 7 rings (SSSR count). The Labute approximate surface area is 271 Å². The van der Waals surface area contributed by atoms with Crippen molar-refractivity contribution in [2.24, 2.45) is 0 Å². The molecule has 0 spiro atoms. The van der Waals surface area contributed by atoms with Crippen LogP contribution >= 0.6 is 0 Å². The quantitative estimate of drug-likeness (QED) is 0.218. The minimum atomic E-state index is -0.237. The van der Waals surface area contributed by atoms with E-state index < -0.39 is 0 Å². The molecule has 4 aromatic carbocycles. The van der Waals surface area contributed by atoms with Crippen molar-refractivity contribution in [1.29, 1.82) is 0 Å². The number of benzene rings is 4. The van der Waals surface area contributed by atoms with Gasteiger partial charge in [0.1, 0.15) is 11.4 Å². The van der Waals surface area contributed by atoms with Gasteiger partial charge in [0.05, 0.1) is 16.9 Å². The maximum atomic E-state index is 11.7. The van der Waals surface area contributed by atoms with Crippen LogP contribution < -0.4 is 0 Å². The third-order valence-corrected chi connectivity index (χ3v) is 8.83. The summed E-state index contributed by atoms with van der Waals surface area (Å²) in [6.45, 7) is 13.1. The summed E-state index contributed by atoms with van der Waals surface area (Å²) in [6.07, 6.45) is 1.84. The Morgan fingerprint density at radius 1 is 0.587 bits per heavy atom. The number of pyridine rings is 2. The van der Waals surface area contributed by atoms with Gasteiger partial charge in [-0.25, -0.2) is 4.98 Å². The van der Waals surface area contributed by atoms with E-state index >= 15 is 0 Å². The molecular weight excluding hydrogens is 562 g/mol. The lowest BCUT2D eigenvalue weighted by Gasteiger charge is -2.27. The van der Waals surface area contributed by atoms with Crippen molar-refractivity contribution in [1.82, 2.24) is 14.5 Å². The molecule has 0 saturated carbocycles. The van der Waals surface area contributed by atoms with E-state index in [-0.39, 0.29) is 10.8 Å². The molecule has 0 aliphatic rings. The molecule has 0 saturated heterocycles. The highest BCUT2D eigenvalue weighted by atomic mass is 16.3. The molecule has 4 heteroatoms. The monoisotopic (exact) mass is 601 g/mol. The third kappa shape index (κ3) is 5.24. The minimum Gasteiger partial charge on any atom is -0.507 e. The first-order chi connectivity index (χ1) is 22.0. The highest BCUT2D eigenvalue weighted by Crippen LogP contribution is 2.43. The first-order valence-corrected chi connectivity index (χ1v) is 15.9. The van der Waals surface area contributed by atoms with Gasteiger partial charge in [0.25, 0.3) is 0 Å². The highest BCUT2D eigenvalue weighted by Gasteiger charge is 2.26. The van der Waals surface area contributed by atoms with Crippen LogP contribution in [0.25, 0.3) is 61.3 Å². The zero-order chi connectivity index (χ0) is 32.2. The van der Waals surface area contributed by atoms with E-state index in [1.54, 1.807) is 0 Å². The van der Waals surface area contributed by atoms with E-state index in [9.17, 15) is 5.11 Å². The van der Waals surface area contributed by atoms with Crippen molar-refractivity contribution in [2.45, 2.75) is 52.4 Å². The number of rotatable bonds is 4. The van der Waals surface area contributed by atoms with Crippen LogP contribution in [0.5, 0.6) is 5.75 Å². The van der Waals surface area contributed by atoms with Gasteiger partial charge in [0.2, 0.25) is 0 Å². The number of hydrogen-bond acceptors (Lipinski definition) is 3. The minimum absolute atomic E-state index is 0.0960. The largest absolute Gasteiger partial charge is 0.507 e. The van der Waals surface area contributed by atoms with E-state index in [4.69, 9.17) is 9.97 Å². The molecule has 46 heavy (non-hydrogen) atoms. The van der Waals surface area contributed by atoms with Crippen LogP contribution in [0.1, 0.15) is 52.7 Å². The Morgan fingerprint density at radius 2 is 1.30 bits per heavy atom. The van der Waals surface area contributed by atoms with Crippen LogP contribution in [0.3, 0.4) is 0 Å². The predicted octanol–water partition coefficient (Wildman–Crippen LogP) is 10.9. The number of fused-ring (bicyclic) bond motifs is 3. The van der Waals surface area contributed by atoms with Gasteiger partial charge in [0, 0.05) is 39.3 Å². The number of para-hydroxylation sites is 1. The number of aromatic nitrogens is 3. The number of phenolic OH excluding ortho intramolecular Hbond substituents is 1. The molecule has 0 amide bonds. The molecule has 0 aliphatic carbocycles. The molecule has 3 heterocycles. The summed E-state index contributed by atoms with van der Waals surface area (Å²) >= 11 is 0. The standard InChI is InChI=1S/C42H39N3O/c1-41(2,3)30-25-34(39(46)35(26-30)42(4,5)6)37-20-19-33-32-16-10-11-18-38(32)45(40(33)44-37)31-23-28(27-14-8-7-9-15-27)22-29(24-31)36-17-12-13-21-43-36/h7-26,46H,1-6H3. The molecule has 4 nitrogen and oxygen atoms in total. The summed E-state index contributed by atoms with van der Waals surface area (Å²) in [7, 11) is 0. The van der Waals surface area contributed by atoms with Crippen molar-refractivity contribution in [3.8, 4) is 45.1 Å². The maximum Gasteiger partial charge on any atom is 0.146 e. The Balaban J connectivity index is 1.53. The maximum absolute atomic E-state index is 11.7. The lowest BCUT2D eigenvalue weighted by molar-refractivity contribution is 0.446. The predicted molar refractivity (Wildman–Crippen MR) is 192 cm³/mol. The normalized spacial score (nSPS) is 12.2. The molecule has 0 aliphatic heterocycles. The van der Waals surface area contributed by atoms with E-state index in [1.807, 2.05) is 36.5 Å². The molecular formula is C42H39N3O. The van der Waals surface area contributed by atoms with Crippen molar-refractivity contribution < 1.29 is 5.11 Å². The Morgan fingerprint density at radius 3 is 2.02 bits per heavy atom. The Kier molecular flexibility index (Phi) is 7.05. The zero-order valence-electron chi connectivity index (χ0n) is 27.3. The van der Waals surface area contributed by atoms with Gasteiger partial charge in [-0.2, -0.15) is 0 Å². The number of nitrogens with zero attached hydrogens (tertiary/aromatic N) is 3. The molecule has 0 fully saturated rings. The summed E-state index contributed by atoms with van der Waals surface area (Å²) in [5, 5.41) is 13.9. The summed E-state index contributed by atoms with van der Waals surface area (Å²) in [4.78, 5) is 10.1. The second kappa shape index (κ2) is 11.0. The average Bonchev–Trinajstić information content (AvgIpc) is 3.38. The van der Waals surface area contributed by atoms with Gasteiger partial charge in [0.15, 0.2) is 0 Å². The van der Waals surface area contributed by atoms with Gasteiger partial charge in [-0.1, -0.05) is 102 Å². The molecule has 3 aromatic heterocycles. The fourth-order valence-electron chi connectivity index (χ4n) is 6.30. The van der Waals surface area contributed by atoms with Gasteiger partial charge < -0.3 is 5.11 Å². The fraction of sp³-hybridized carbons (Fsp3) is 0.190. The molecule has 0 bridgehead atoms. The summed E-state index contributed by atoms with van der Waals surface area (Å²) in [5.41, 5.74) is 10.4. The van der Waals surface area contributed by atoms with Crippen molar-refractivity contribution in [2.75, 3.05) is 0 Å². The Hall–Kier alpha value is -5.22. The first-order valence-electron chi connectivity index (χ1n) is 15.9. The van der Waals surface area contributed by atoms with Crippen molar-refractivity contribution in [3.63, 3.8) is 0 Å². The molecule has 1 N–H and O–H groups in total. The smallest absolute Gasteiger partial charge is 0.146 e. The zero-order valence-corrected chi connectivity index (χ0v) is 27.3. The van der Waals surface area contributed by atoms with Crippen molar-refractivity contribution in [3.05, 3.63) is 133 Å². The summed E-state index contributed by atoms with van der Waals surface area (Å²) in [6, 6.07) is 40.1. The topological polar surface area (TPSA) is 50.9 Å². The van der Waals surface area contributed by atoms with E-state index in [2.05, 4.69) is 131 Å². The molecule has 0 radical (unpaired) electrons. The molecule has 228 valence electrons. The summed E-state index contributed by atoms with van der Waals surface area (Å²) in [5.74, 6) is 0.290. The molecule has 7 aromatic rings. The highest BCUT2D eigenvalue weighted by molar-refractivity contribution is 6.08. The third-order valence-electron chi connectivity index (χ3n) is 8.83. The number of hydrogen-bond donors (Lipinski definition) is 1. The lowest BCUT2D eigenvalue weighted by atomic mass is 9.78. The van der Waals surface area contributed by atoms with E-state index in [0.717, 1.165) is 66.8 Å². The van der Waals surface area contributed by atoms with Crippen LogP contribution in [0.15, 0.2) is 121 Å². The van der Waals surface area contributed by atoms with Gasteiger partial charge >= 0.3 is 0 Å². The molecule has 0 unspecified atom stereocenters. The molecule has 0 atom stereocenters. The lowest BCUT2D eigenvalue weighted by Crippen LogP contribution is -2.17. The van der Waals surface area contributed by atoms with Crippen LogP contribution in [-0.4, -0.2) is 19.6 Å². The van der Waals surface area contributed by atoms with Gasteiger partial charge in [-0.3, -0.25) is 9.55 Å².